The van der Waals surface area contributed by atoms with Gasteiger partial charge >= 0.3 is 0 Å². The molecular weight excluding hydrogens is 290 g/mol. The normalized spacial score (nSPS) is 23.7. The van der Waals surface area contributed by atoms with Gasteiger partial charge in [0.1, 0.15) is 0 Å². The van der Waals surface area contributed by atoms with Gasteiger partial charge in [-0.05, 0) is 71.6 Å². The Kier molecular flexibility index (Phi) is 2.58. The van der Waals surface area contributed by atoms with Crippen LogP contribution in [0.3, 0.4) is 0 Å². The van der Waals surface area contributed by atoms with Crippen LogP contribution in [0.2, 0.25) is 0 Å². The number of hydrogen-bond acceptors (Lipinski definition) is 1. The molecule has 1 nitrogen and oxygen atoms in total. The molecule has 1 heterocycles. The number of nitrogens with zero attached hydrogens (tertiary/aromatic N) is 1. The van der Waals surface area contributed by atoms with Crippen molar-refractivity contribution in [3.05, 3.63) is 64.8 Å². The van der Waals surface area contributed by atoms with Crippen LogP contribution in [0.5, 0.6) is 0 Å². The fourth-order valence-corrected chi connectivity index (χ4v) is 5.37. The molecule has 3 aromatic rings. The van der Waals surface area contributed by atoms with Crippen LogP contribution in [0, 0.1) is 0 Å². The van der Waals surface area contributed by atoms with Gasteiger partial charge in [0.15, 0.2) is 0 Å². The molecule has 0 spiro atoms. The molecule has 2 aromatic carbocycles. The van der Waals surface area contributed by atoms with Gasteiger partial charge in [0.05, 0.1) is 5.69 Å². The maximum atomic E-state index is 5.28. The molecule has 2 bridgehead atoms. The van der Waals surface area contributed by atoms with Crippen molar-refractivity contribution in [1.82, 2.24) is 4.98 Å². The fraction of sp³-hybridized carbons (Fsp3) is 0.348. The lowest BCUT2D eigenvalue weighted by atomic mass is 9.85. The molecule has 1 saturated carbocycles. The van der Waals surface area contributed by atoms with Crippen molar-refractivity contribution in [2.24, 2.45) is 0 Å². The molecule has 1 aromatic heterocycles. The fourth-order valence-electron chi connectivity index (χ4n) is 5.37. The third-order valence-corrected chi connectivity index (χ3v) is 6.55. The topological polar surface area (TPSA) is 12.9 Å². The Balaban J connectivity index is 1.60. The quantitative estimate of drug-likeness (QED) is 0.514. The average Bonchev–Trinajstić information content (AvgIpc) is 2.88. The van der Waals surface area contributed by atoms with E-state index in [1.807, 2.05) is 0 Å². The van der Waals surface area contributed by atoms with Crippen molar-refractivity contribution >= 4 is 10.8 Å². The summed E-state index contributed by atoms with van der Waals surface area (Å²) < 4.78 is 0. The number of benzene rings is 2. The van der Waals surface area contributed by atoms with Crippen molar-refractivity contribution in [3.63, 3.8) is 0 Å². The molecular formula is C23H21N. The van der Waals surface area contributed by atoms with E-state index in [1.165, 1.54) is 64.5 Å². The SMILES string of the molecule is c1ccc2cc3c(cc2c1)CCc1cc2c(nc1-3)C1CCCC2C1. The number of aryl methyl sites for hydroxylation is 2. The maximum Gasteiger partial charge on any atom is 0.0740 e. The van der Waals surface area contributed by atoms with Gasteiger partial charge in [-0.15, -0.1) is 0 Å². The van der Waals surface area contributed by atoms with Gasteiger partial charge in [-0.25, -0.2) is 0 Å². The lowest BCUT2D eigenvalue weighted by molar-refractivity contribution is 0.433. The van der Waals surface area contributed by atoms with Crippen LogP contribution in [-0.2, 0) is 12.8 Å². The van der Waals surface area contributed by atoms with Crippen LogP contribution < -0.4 is 0 Å². The largest absolute Gasteiger partial charge is 0.252 e. The van der Waals surface area contributed by atoms with E-state index in [0.717, 1.165) is 24.7 Å². The molecule has 0 N–H and O–H groups in total. The van der Waals surface area contributed by atoms with Gasteiger partial charge in [-0.2, -0.15) is 0 Å². The number of aromatic nitrogens is 1. The minimum atomic E-state index is 0.731. The maximum absolute atomic E-state index is 5.28. The predicted octanol–water partition coefficient (Wildman–Crippen LogP) is 5.76. The molecule has 6 rings (SSSR count). The van der Waals surface area contributed by atoms with Gasteiger partial charge < -0.3 is 0 Å². The number of pyridine rings is 1. The molecule has 0 amide bonds. The van der Waals surface area contributed by atoms with Crippen molar-refractivity contribution < 1.29 is 0 Å². The summed E-state index contributed by atoms with van der Waals surface area (Å²) >= 11 is 0. The van der Waals surface area contributed by atoms with Crippen LogP contribution in [0.4, 0.5) is 0 Å². The minimum absolute atomic E-state index is 0.731. The highest BCUT2D eigenvalue weighted by atomic mass is 14.8. The van der Waals surface area contributed by atoms with Crippen LogP contribution >= 0.6 is 0 Å². The summed E-state index contributed by atoms with van der Waals surface area (Å²) in [6.45, 7) is 0. The Morgan fingerprint density at radius 3 is 2.54 bits per heavy atom. The molecule has 0 saturated heterocycles. The van der Waals surface area contributed by atoms with E-state index in [4.69, 9.17) is 4.98 Å². The first-order chi connectivity index (χ1) is 11.9. The number of rotatable bonds is 0. The molecule has 2 unspecified atom stereocenters. The summed E-state index contributed by atoms with van der Waals surface area (Å²) in [6, 6.07) is 16.0. The summed E-state index contributed by atoms with van der Waals surface area (Å²) in [5.74, 6) is 1.53. The monoisotopic (exact) mass is 311 g/mol. The van der Waals surface area contributed by atoms with Crippen LogP contribution in [0.1, 0.15) is 59.9 Å². The molecule has 1 fully saturated rings. The summed E-state index contributed by atoms with van der Waals surface area (Å²) in [6.07, 6.45) is 7.78. The molecule has 0 aliphatic heterocycles. The van der Waals surface area contributed by atoms with Gasteiger partial charge in [-0.1, -0.05) is 42.8 Å². The standard InChI is InChI=1S/C23H21N/c1-2-5-15-12-20-17(10-14(15)4-1)8-9-19-13-21-16-6-3-7-18(11-16)22(21)24-23(19)20/h1-2,4-5,10,12-13,16,18H,3,6-9,11H2. The molecule has 24 heavy (non-hydrogen) atoms. The number of hydrogen-bond donors (Lipinski definition) is 0. The van der Waals surface area contributed by atoms with Gasteiger partial charge in [0.25, 0.3) is 0 Å². The summed E-state index contributed by atoms with van der Waals surface area (Å²) in [4.78, 5) is 5.28. The Morgan fingerprint density at radius 2 is 1.62 bits per heavy atom. The van der Waals surface area contributed by atoms with E-state index < -0.39 is 0 Å². The van der Waals surface area contributed by atoms with Crippen molar-refractivity contribution in [3.8, 4) is 11.3 Å². The zero-order valence-corrected chi connectivity index (χ0v) is 13.9. The first kappa shape index (κ1) is 13.2. The molecule has 1 heteroatoms. The average molecular weight is 311 g/mol. The van der Waals surface area contributed by atoms with E-state index in [1.54, 1.807) is 5.56 Å². The Hall–Kier alpha value is -2.15. The predicted molar refractivity (Wildman–Crippen MR) is 98.5 cm³/mol. The second-order valence-electron chi connectivity index (χ2n) is 7.89. The summed E-state index contributed by atoms with van der Waals surface area (Å²) in [5.41, 5.74) is 8.68. The molecule has 3 aliphatic rings. The molecule has 118 valence electrons. The second kappa shape index (κ2) is 4.69. The van der Waals surface area contributed by atoms with Gasteiger partial charge in [0.2, 0.25) is 0 Å². The number of fused-ring (bicyclic) bond motifs is 9. The Labute approximate surface area is 142 Å². The van der Waals surface area contributed by atoms with E-state index in [9.17, 15) is 0 Å². The third kappa shape index (κ3) is 1.73. The third-order valence-electron chi connectivity index (χ3n) is 6.55. The molecule has 3 aliphatic carbocycles. The van der Waals surface area contributed by atoms with Crippen molar-refractivity contribution in [1.29, 1.82) is 0 Å². The lowest BCUT2D eigenvalue weighted by Crippen LogP contribution is -2.08. The van der Waals surface area contributed by atoms with E-state index in [-0.39, 0.29) is 0 Å². The molecule has 2 atom stereocenters. The summed E-state index contributed by atoms with van der Waals surface area (Å²) in [7, 11) is 0. The zero-order chi connectivity index (χ0) is 15.7. The summed E-state index contributed by atoms with van der Waals surface area (Å²) in [5, 5.41) is 2.70. The highest BCUT2D eigenvalue weighted by molar-refractivity contribution is 5.89. The van der Waals surface area contributed by atoms with Crippen molar-refractivity contribution in [2.45, 2.75) is 50.4 Å². The van der Waals surface area contributed by atoms with E-state index in [2.05, 4.69) is 42.5 Å². The van der Waals surface area contributed by atoms with Crippen LogP contribution in [0.25, 0.3) is 22.0 Å². The smallest absolute Gasteiger partial charge is 0.0740 e. The second-order valence-corrected chi connectivity index (χ2v) is 7.89. The van der Waals surface area contributed by atoms with Crippen LogP contribution in [0.15, 0.2) is 42.5 Å². The Bertz CT molecular complexity index is 985. The first-order valence-corrected chi connectivity index (χ1v) is 9.42. The van der Waals surface area contributed by atoms with E-state index in [0.29, 0.717) is 0 Å². The highest BCUT2D eigenvalue weighted by Crippen LogP contribution is 2.51. The van der Waals surface area contributed by atoms with Crippen molar-refractivity contribution in [2.75, 3.05) is 0 Å². The first-order valence-electron chi connectivity index (χ1n) is 9.42. The van der Waals surface area contributed by atoms with Gasteiger partial charge in [-0.3, -0.25) is 4.98 Å². The van der Waals surface area contributed by atoms with Gasteiger partial charge in [0, 0.05) is 17.2 Å². The zero-order valence-electron chi connectivity index (χ0n) is 13.9. The highest BCUT2D eigenvalue weighted by Gasteiger charge is 2.36. The van der Waals surface area contributed by atoms with Crippen LogP contribution in [-0.4, -0.2) is 4.98 Å². The molecule has 0 radical (unpaired) electrons. The van der Waals surface area contributed by atoms with E-state index >= 15 is 0 Å². The lowest BCUT2D eigenvalue weighted by Gasteiger charge is -2.22. The minimum Gasteiger partial charge on any atom is -0.252 e. The Morgan fingerprint density at radius 1 is 0.833 bits per heavy atom.